The smallest absolute Gasteiger partial charge is 0.271 e. The van der Waals surface area contributed by atoms with Crippen LogP contribution in [0, 0.1) is 0 Å². The molecule has 6 heteroatoms. The molecule has 3 aromatic rings. The second kappa shape index (κ2) is 7.89. The molecular formula is C20H17ClN2O3. The molecule has 26 heavy (non-hydrogen) atoms. The summed E-state index contributed by atoms with van der Waals surface area (Å²) in [5.74, 6) is 0.737. The molecule has 0 radical (unpaired) electrons. The van der Waals surface area contributed by atoms with Gasteiger partial charge in [0.15, 0.2) is 0 Å². The van der Waals surface area contributed by atoms with Crippen molar-refractivity contribution in [2.45, 2.75) is 0 Å². The third kappa shape index (κ3) is 3.78. The van der Waals surface area contributed by atoms with Crippen LogP contribution in [-0.4, -0.2) is 26.3 Å². The molecule has 0 atom stereocenters. The highest BCUT2D eigenvalue weighted by Gasteiger charge is 2.09. The fourth-order valence-corrected chi connectivity index (χ4v) is 2.79. The highest BCUT2D eigenvalue weighted by molar-refractivity contribution is 6.32. The van der Waals surface area contributed by atoms with E-state index >= 15 is 0 Å². The predicted octanol–water partition coefficient (Wildman–Crippen LogP) is 4.27. The summed E-state index contributed by atoms with van der Waals surface area (Å²) in [6, 6.07) is 16.7. The summed E-state index contributed by atoms with van der Waals surface area (Å²) < 4.78 is 10.4. The lowest BCUT2D eigenvalue weighted by Crippen LogP contribution is -2.17. The Morgan fingerprint density at radius 2 is 1.73 bits per heavy atom. The SMILES string of the molecule is COc1cc(OC)c(/C=N\NC(=O)c2ccc3ccccc3c2)cc1Cl. The monoisotopic (exact) mass is 368 g/mol. The molecule has 0 spiro atoms. The van der Waals surface area contributed by atoms with Crippen molar-refractivity contribution < 1.29 is 14.3 Å². The number of rotatable bonds is 5. The van der Waals surface area contributed by atoms with Gasteiger partial charge in [-0.15, -0.1) is 0 Å². The van der Waals surface area contributed by atoms with E-state index in [1.54, 1.807) is 18.2 Å². The Morgan fingerprint density at radius 3 is 2.46 bits per heavy atom. The lowest BCUT2D eigenvalue weighted by atomic mass is 10.1. The van der Waals surface area contributed by atoms with Gasteiger partial charge in [0.1, 0.15) is 11.5 Å². The third-order valence-corrected chi connectivity index (χ3v) is 4.18. The lowest BCUT2D eigenvalue weighted by molar-refractivity contribution is 0.0955. The van der Waals surface area contributed by atoms with E-state index in [2.05, 4.69) is 10.5 Å². The molecule has 3 rings (SSSR count). The predicted molar refractivity (Wildman–Crippen MR) is 104 cm³/mol. The first-order valence-electron chi connectivity index (χ1n) is 7.86. The molecule has 0 fully saturated rings. The minimum atomic E-state index is -0.300. The molecule has 0 aliphatic rings. The molecule has 1 N–H and O–H groups in total. The second-order valence-electron chi connectivity index (χ2n) is 5.49. The first-order chi connectivity index (χ1) is 12.6. The number of carbonyl (C=O) groups is 1. The van der Waals surface area contributed by atoms with Crippen molar-refractivity contribution >= 4 is 34.5 Å². The number of hydrogen-bond donors (Lipinski definition) is 1. The molecule has 0 bridgehead atoms. The zero-order chi connectivity index (χ0) is 18.5. The van der Waals surface area contributed by atoms with Gasteiger partial charge in [0.05, 0.1) is 25.5 Å². The molecule has 1 amide bonds. The van der Waals surface area contributed by atoms with Crippen LogP contribution >= 0.6 is 11.6 Å². The van der Waals surface area contributed by atoms with Crippen molar-refractivity contribution in [3.63, 3.8) is 0 Å². The van der Waals surface area contributed by atoms with Crippen LogP contribution in [0.4, 0.5) is 0 Å². The third-order valence-electron chi connectivity index (χ3n) is 3.89. The number of nitrogens with zero attached hydrogens (tertiary/aromatic N) is 1. The lowest BCUT2D eigenvalue weighted by Gasteiger charge is -2.09. The summed E-state index contributed by atoms with van der Waals surface area (Å²) in [4.78, 5) is 12.3. The van der Waals surface area contributed by atoms with Crippen LogP contribution in [0.1, 0.15) is 15.9 Å². The molecule has 0 aliphatic carbocycles. The van der Waals surface area contributed by atoms with E-state index in [4.69, 9.17) is 21.1 Å². The molecule has 0 unspecified atom stereocenters. The number of hydrogen-bond acceptors (Lipinski definition) is 4. The number of benzene rings is 3. The van der Waals surface area contributed by atoms with E-state index in [0.29, 0.717) is 27.6 Å². The zero-order valence-corrected chi connectivity index (χ0v) is 15.1. The number of ether oxygens (including phenoxy) is 2. The Morgan fingerprint density at radius 1 is 1.00 bits per heavy atom. The van der Waals surface area contributed by atoms with Crippen LogP contribution in [-0.2, 0) is 0 Å². The van der Waals surface area contributed by atoms with E-state index in [1.165, 1.54) is 20.4 Å². The molecule has 5 nitrogen and oxygen atoms in total. The normalized spacial score (nSPS) is 10.9. The summed E-state index contributed by atoms with van der Waals surface area (Å²) in [5.41, 5.74) is 3.66. The van der Waals surface area contributed by atoms with Gasteiger partial charge in [0, 0.05) is 17.2 Å². The number of amides is 1. The van der Waals surface area contributed by atoms with Crippen molar-refractivity contribution in [2.75, 3.05) is 14.2 Å². The van der Waals surface area contributed by atoms with Crippen LogP contribution in [0.15, 0.2) is 59.7 Å². The van der Waals surface area contributed by atoms with Crippen LogP contribution < -0.4 is 14.9 Å². The maximum atomic E-state index is 12.3. The maximum Gasteiger partial charge on any atom is 0.271 e. The Bertz CT molecular complexity index is 986. The number of halogens is 1. The summed E-state index contributed by atoms with van der Waals surface area (Å²) in [7, 11) is 3.06. The van der Waals surface area contributed by atoms with Gasteiger partial charge < -0.3 is 9.47 Å². The first kappa shape index (κ1) is 17.8. The highest BCUT2D eigenvalue weighted by atomic mass is 35.5. The van der Waals surface area contributed by atoms with Gasteiger partial charge in [0.2, 0.25) is 0 Å². The van der Waals surface area contributed by atoms with Crippen molar-refractivity contribution in [3.05, 3.63) is 70.7 Å². The van der Waals surface area contributed by atoms with Crippen LogP contribution in [0.25, 0.3) is 10.8 Å². The topological polar surface area (TPSA) is 59.9 Å². The average Bonchev–Trinajstić information content (AvgIpc) is 2.67. The van der Waals surface area contributed by atoms with Gasteiger partial charge in [-0.3, -0.25) is 4.79 Å². The summed E-state index contributed by atoms with van der Waals surface area (Å²) >= 11 is 6.12. The van der Waals surface area contributed by atoms with E-state index in [1.807, 2.05) is 36.4 Å². The molecule has 0 saturated carbocycles. The number of hydrazone groups is 1. The molecule has 0 saturated heterocycles. The van der Waals surface area contributed by atoms with E-state index < -0.39 is 0 Å². The van der Waals surface area contributed by atoms with Gasteiger partial charge in [-0.05, 0) is 29.0 Å². The van der Waals surface area contributed by atoms with E-state index in [0.717, 1.165) is 10.8 Å². The quantitative estimate of drug-likeness (QED) is 0.540. The Kier molecular flexibility index (Phi) is 5.39. The Hall–Kier alpha value is -3.05. The molecule has 132 valence electrons. The van der Waals surface area contributed by atoms with Gasteiger partial charge in [-0.25, -0.2) is 5.43 Å². The van der Waals surface area contributed by atoms with Crippen molar-refractivity contribution in [1.82, 2.24) is 5.43 Å². The molecule has 0 heterocycles. The van der Waals surface area contributed by atoms with Gasteiger partial charge in [-0.1, -0.05) is 41.9 Å². The summed E-state index contributed by atoms with van der Waals surface area (Å²) in [6.45, 7) is 0. The van der Waals surface area contributed by atoms with E-state index in [9.17, 15) is 4.79 Å². The van der Waals surface area contributed by atoms with Gasteiger partial charge in [-0.2, -0.15) is 5.10 Å². The van der Waals surface area contributed by atoms with Gasteiger partial charge in [0.25, 0.3) is 5.91 Å². The first-order valence-corrected chi connectivity index (χ1v) is 8.24. The summed E-state index contributed by atoms with van der Waals surface area (Å²) in [6.07, 6.45) is 1.48. The fourth-order valence-electron chi connectivity index (χ4n) is 2.54. The van der Waals surface area contributed by atoms with Crippen molar-refractivity contribution in [3.8, 4) is 11.5 Å². The molecule has 3 aromatic carbocycles. The number of carbonyl (C=O) groups excluding carboxylic acids is 1. The summed E-state index contributed by atoms with van der Waals surface area (Å²) in [5, 5.41) is 6.49. The molecular weight excluding hydrogens is 352 g/mol. The minimum Gasteiger partial charge on any atom is -0.496 e. The second-order valence-corrected chi connectivity index (χ2v) is 5.90. The maximum absolute atomic E-state index is 12.3. The highest BCUT2D eigenvalue weighted by Crippen LogP contribution is 2.31. The number of nitrogens with one attached hydrogen (secondary N) is 1. The number of fused-ring (bicyclic) bond motifs is 1. The fraction of sp³-hybridized carbons (Fsp3) is 0.100. The number of methoxy groups -OCH3 is 2. The van der Waals surface area contributed by atoms with Crippen LogP contribution in [0.2, 0.25) is 5.02 Å². The minimum absolute atomic E-state index is 0.300. The van der Waals surface area contributed by atoms with Crippen LogP contribution in [0.5, 0.6) is 11.5 Å². The largest absolute Gasteiger partial charge is 0.496 e. The average molecular weight is 369 g/mol. The molecule has 0 aromatic heterocycles. The van der Waals surface area contributed by atoms with E-state index in [-0.39, 0.29) is 5.91 Å². The Balaban J connectivity index is 1.77. The van der Waals surface area contributed by atoms with Gasteiger partial charge >= 0.3 is 0 Å². The zero-order valence-electron chi connectivity index (χ0n) is 14.3. The van der Waals surface area contributed by atoms with Crippen molar-refractivity contribution in [1.29, 1.82) is 0 Å². The standard InChI is InChI=1S/C20H17ClN2O3/c1-25-18-11-19(26-2)17(21)10-16(18)12-22-23-20(24)15-8-7-13-5-3-4-6-14(13)9-15/h3-12H,1-2H3,(H,23,24)/b22-12-. The van der Waals surface area contributed by atoms with Crippen LogP contribution in [0.3, 0.4) is 0 Å². The van der Waals surface area contributed by atoms with Crippen molar-refractivity contribution in [2.24, 2.45) is 5.10 Å². The molecule has 0 aliphatic heterocycles. The Labute approximate surface area is 156 Å².